The van der Waals surface area contributed by atoms with E-state index in [1.54, 1.807) is 12.1 Å². The van der Waals surface area contributed by atoms with Crippen LogP contribution in [-0.2, 0) is 14.6 Å². The number of hydrogen-bond donors (Lipinski definition) is 3. The predicted molar refractivity (Wildman–Crippen MR) is 76.3 cm³/mol. The average molecular weight is 316 g/mol. The van der Waals surface area contributed by atoms with E-state index in [9.17, 15) is 18.0 Å². The van der Waals surface area contributed by atoms with E-state index in [0.717, 1.165) is 6.26 Å². The van der Waals surface area contributed by atoms with Gasteiger partial charge in [-0.1, -0.05) is 12.1 Å². The molecule has 0 aliphatic rings. The molecule has 0 aliphatic heterocycles. The molecule has 1 aromatic carbocycles. The second-order valence-corrected chi connectivity index (χ2v) is 6.45. The summed E-state index contributed by atoms with van der Waals surface area (Å²) >= 11 is 0. The summed E-state index contributed by atoms with van der Waals surface area (Å²) in [5.74, 6) is -1.10. The molecule has 1 rings (SSSR count). The molecule has 0 saturated carbocycles. The minimum absolute atomic E-state index is 0.0250. The summed E-state index contributed by atoms with van der Waals surface area (Å²) in [6, 6.07) is 5.71. The molecular formula is C12H16N2O6S. The second-order valence-electron chi connectivity index (χ2n) is 4.19. The number of para-hydroxylation sites is 2. The van der Waals surface area contributed by atoms with Gasteiger partial charge in [-0.2, -0.15) is 0 Å². The Morgan fingerprint density at radius 3 is 2.57 bits per heavy atom. The van der Waals surface area contributed by atoms with Crippen molar-refractivity contribution < 1.29 is 27.9 Å². The lowest BCUT2D eigenvalue weighted by Gasteiger charge is -2.11. The van der Waals surface area contributed by atoms with Crippen LogP contribution in [0.1, 0.15) is 0 Å². The molecule has 1 aromatic rings. The van der Waals surface area contributed by atoms with Crippen molar-refractivity contribution >= 4 is 27.5 Å². The molecule has 0 atom stereocenters. The van der Waals surface area contributed by atoms with Gasteiger partial charge in [-0.3, -0.25) is 0 Å². The Labute approximate surface area is 122 Å². The molecule has 0 aromatic heterocycles. The van der Waals surface area contributed by atoms with Crippen LogP contribution in [0.4, 0.5) is 10.5 Å². The highest BCUT2D eigenvalue weighted by molar-refractivity contribution is 7.90. The molecule has 2 amide bonds. The Balaban J connectivity index is 2.57. The van der Waals surface area contributed by atoms with Crippen LogP contribution >= 0.6 is 0 Å². The summed E-state index contributed by atoms with van der Waals surface area (Å²) in [7, 11) is -3.15. The standard InChI is InChI=1S/C12H16N2O6S/c1-21(18,19)7-6-13-12(17)14-9-4-2-3-5-10(9)20-8-11(15)16/h2-5H,6-8H2,1H3,(H,15,16)(H2,13,14,17). The van der Waals surface area contributed by atoms with E-state index >= 15 is 0 Å². The number of sulfone groups is 1. The van der Waals surface area contributed by atoms with E-state index in [-0.39, 0.29) is 23.7 Å². The average Bonchev–Trinajstić information content (AvgIpc) is 2.36. The molecule has 0 bridgehead atoms. The molecule has 116 valence electrons. The maximum atomic E-state index is 11.6. The first kappa shape index (κ1) is 16.8. The van der Waals surface area contributed by atoms with Gasteiger partial charge in [0.1, 0.15) is 15.6 Å². The summed E-state index contributed by atoms with van der Waals surface area (Å²) in [4.78, 5) is 22.1. The summed E-state index contributed by atoms with van der Waals surface area (Å²) in [6.07, 6.45) is 1.07. The zero-order valence-electron chi connectivity index (χ0n) is 11.3. The van der Waals surface area contributed by atoms with Crippen molar-refractivity contribution in [3.05, 3.63) is 24.3 Å². The van der Waals surface area contributed by atoms with Gasteiger partial charge in [-0.25, -0.2) is 18.0 Å². The minimum atomic E-state index is -3.15. The van der Waals surface area contributed by atoms with Crippen LogP contribution in [0.3, 0.4) is 0 Å². The number of carboxylic acids is 1. The topological polar surface area (TPSA) is 122 Å². The van der Waals surface area contributed by atoms with Gasteiger partial charge in [0.2, 0.25) is 0 Å². The summed E-state index contributed by atoms with van der Waals surface area (Å²) < 4.78 is 26.9. The van der Waals surface area contributed by atoms with Crippen molar-refractivity contribution in [3.63, 3.8) is 0 Å². The van der Waals surface area contributed by atoms with E-state index < -0.39 is 28.4 Å². The number of carbonyl (C=O) groups excluding carboxylic acids is 1. The maximum absolute atomic E-state index is 11.6. The van der Waals surface area contributed by atoms with Crippen LogP contribution in [0.25, 0.3) is 0 Å². The molecule has 0 heterocycles. The van der Waals surface area contributed by atoms with Crippen molar-refractivity contribution in [2.75, 3.05) is 30.5 Å². The van der Waals surface area contributed by atoms with Crippen molar-refractivity contribution in [1.82, 2.24) is 5.32 Å². The molecule has 9 heteroatoms. The zero-order valence-corrected chi connectivity index (χ0v) is 12.1. The summed E-state index contributed by atoms with van der Waals surface area (Å²) in [5.41, 5.74) is 0.288. The van der Waals surface area contributed by atoms with Gasteiger partial charge < -0.3 is 20.5 Å². The van der Waals surface area contributed by atoms with E-state index in [0.29, 0.717) is 0 Å². The van der Waals surface area contributed by atoms with Gasteiger partial charge in [-0.05, 0) is 12.1 Å². The van der Waals surface area contributed by atoms with Crippen LogP contribution in [0, 0.1) is 0 Å². The Morgan fingerprint density at radius 1 is 1.29 bits per heavy atom. The fourth-order valence-electron chi connectivity index (χ4n) is 1.35. The van der Waals surface area contributed by atoms with Crippen molar-refractivity contribution in [1.29, 1.82) is 0 Å². The van der Waals surface area contributed by atoms with Gasteiger partial charge in [0.05, 0.1) is 11.4 Å². The molecule has 0 unspecified atom stereocenters. The van der Waals surface area contributed by atoms with E-state index in [2.05, 4.69) is 10.6 Å². The molecular weight excluding hydrogens is 300 g/mol. The normalized spacial score (nSPS) is 10.7. The molecule has 8 nitrogen and oxygen atoms in total. The smallest absolute Gasteiger partial charge is 0.341 e. The second kappa shape index (κ2) is 7.48. The lowest BCUT2D eigenvalue weighted by molar-refractivity contribution is -0.139. The van der Waals surface area contributed by atoms with E-state index in [4.69, 9.17) is 9.84 Å². The number of anilines is 1. The SMILES string of the molecule is CS(=O)(=O)CCNC(=O)Nc1ccccc1OCC(=O)O. The van der Waals surface area contributed by atoms with E-state index in [1.807, 2.05) is 0 Å². The first-order valence-corrected chi connectivity index (χ1v) is 8.00. The lowest BCUT2D eigenvalue weighted by atomic mass is 10.3. The van der Waals surface area contributed by atoms with Gasteiger partial charge in [0.25, 0.3) is 0 Å². The number of carbonyl (C=O) groups is 2. The van der Waals surface area contributed by atoms with Gasteiger partial charge in [0.15, 0.2) is 6.61 Å². The summed E-state index contributed by atoms with van der Waals surface area (Å²) in [5, 5.41) is 13.4. The Morgan fingerprint density at radius 2 is 1.95 bits per heavy atom. The number of benzene rings is 1. The van der Waals surface area contributed by atoms with Crippen molar-refractivity contribution in [2.45, 2.75) is 0 Å². The molecule has 0 saturated heterocycles. The molecule has 0 fully saturated rings. The number of aliphatic carboxylic acids is 1. The van der Waals surface area contributed by atoms with Crippen LogP contribution in [0.15, 0.2) is 24.3 Å². The minimum Gasteiger partial charge on any atom is -0.480 e. The number of amides is 2. The van der Waals surface area contributed by atoms with Crippen molar-refractivity contribution in [2.24, 2.45) is 0 Å². The Hall–Kier alpha value is -2.29. The molecule has 0 radical (unpaired) electrons. The third-order valence-electron chi connectivity index (χ3n) is 2.24. The first-order chi connectivity index (χ1) is 9.78. The Kier molecular flexibility index (Phi) is 5.97. The number of hydrogen-bond acceptors (Lipinski definition) is 5. The monoisotopic (exact) mass is 316 g/mol. The van der Waals surface area contributed by atoms with Gasteiger partial charge in [-0.15, -0.1) is 0 Å². The Bertz CT molecular complexity index is 614. The lowest BCUT2D eigenvalue weighted by Crippen LogP contribution is -2.32. The predicted octanol–water partition coefficient (Wildman–Crippen LogP) is 0.316. The number of rotatable bonds is 7. The third kappa shape index (κ3) is 7.16. The first-order valence-electron chi connectivity index (χ1n) is 5.94. The van der Waals surface area contributed by atoms with Gasteiger partial charge in [0, 0.05) is 12.8 Å². The molecule has 0 spiro atoms. The van der Waals surface area contributed by atoms with Crippen LogP contribution < -0.4 is 15.4 Å². The van der Waals surface area contributed by atoms with Gasteiger partial charge >= 0.3 is 12.0 Å². The van der Waals surface area contributed by atoms with E-state index in [1.165, 1.54) is 12.1 Å². The largest absolute Gasteiger partial charge is 0.480 e. The third-order valence-corrected chi connectivity index (χ3v) is 3.19. The van der Waals surface area contributed by atoms with Crippen LogP contribution in [0.5, 0.6) is 5.75 Å². The highest BCUT2D eigenvalue weighted by atomic mass is 32.2. The van der Waals surface area contributed by atoms with Crippen LogP contribution in [-0.4, -0.2) is 50.7 Å². The van der Waals surface area contributed by atoms with Crippen molar-refractivity contribution in [3.8, 4) is 5.75 Å². The molecule has 21 heavy (non-hydrogen) atoms. The highest BCUT2D eigenvalue weighted by Crippen LogP contribution is 2.23. The fourth-order valence-corrected chi connectivity index (χ4v) is 1.82. The molecule has 0 aliphatic carbocycles. The number of carboxylic acid groups (broad SMARTS) is 1. The summed E-state index contributed by atoms with van der Waals surface area (Å²) in [6.45, 7) is -0.558. The highest BCUT2D eigenvalue weighted by Gasteiger charge is 2.09. The quantitative estimate of drug-likeness (QED) is 0.666. The number of nitrogens with one attached hydrogen (secondary N) is 2. The fraction of sp³-hybridized carbons (Fsp3) is 0.333. The number of ether oxygens (including phenoxy) is 1. The number of urea groups is 1. The zero-order chi connectivity index (χ0) is 15.9. The maximum Gasteiger partial charge on any atom is 0.341 e. The molecule has 3 N–H and O–H groups in total. The van der Waals surface area contributed by atoms with Crippen LogP contribution in [0.2, 0.25) is 0 Å².